The van der Waals surface area contributed by atoms with E-state index in [-0.39, 0.29) is 5.91 Å². The van der Waals surface area contributed by atoms with Crippen LogP contribution in [-0.4, -0.2) is 22.4 Å². The maximum atomic E-state index is 12.5. The molecule has 0 aliphatic carbocycles. The predicted molar refractivity (Wildman–Crippen MR) is 106 cm³/mol. The number of amides is 1. The third-order valence-corrected chi connectivity index (χ3v) is 4.65. The smallest absolute Gasteiger partial charge is 0.269 e. The molecule has 0 atom stereocenters. The highest BCUT2D eigenvalue weighted by atomic mass is 16.1. The van der Waals surface area contributed by atoms with Crippen molar-refractivity contribution in [3.05, 3.63) is 77.1 Å². The first-order valence-electron chi connectivity index (χ1n) is 8.83. The molecule has 26 heavy (non-hydrogen) atoms. The minimum Gasteiger partial charge on any atom is -0.357 e. The van der Waals surface area contributed by atoms with Crippen LogP contribution >= 0.6 is 0 Å². The summed E-state index contributed by atoms with van der Waals surface area (Å²) < 4.78 is 0. The Bertz CT molecular complexity index is 1090. The zero-order chi connectivity index (χ0) is 18.1. The third-order valence-electron chi connectivity index (χ3n) is 4.65. The molecule has 0 spiro atoms. The maximum Gasteiger partial charge on any atom is 0.269 e. The second-order valence-corrected chi connectivity index (χ2v) is 6.74. The summed E-state index contributed by atoms with van der Waals surface area (Å²) in [6.45, 7) is 4.68. The first-order chi connectivity index (χ1) is 12.6. The second kappa shape index (κ2) is 6.64. The van der Waals surface area contributed by atoms with Crippen LogP contribution in [0.5, 0.6) is 0 Å². The number of aryl methyl sites for hydroxylation is 2. The van der Waals surface area contributed by atoms with Gasteiger partial charge in [-0.2, -0.15) is 0 Å². The monoisotopic (exact) mass is 343 g/mol. The van der Waals surface area contributed by atoms with Crippen molar-refractivity contribution in [2.75, 3.05) is 6.54 Å². The Labute approximate surface area is 152 Å². The van der Waals surface area contributed by atoms with Gasteiger partial charge in [-0.25, -0.2) is 4.98 Å². The zero-order valence-corrected chi connectivity index (χ0v) is 15.0. The van der Waals surface area contributed by atoms with E-state index < -0.39 is 0 Å². The molecule has 4 nitrogen and oxygen atoms in total. The molecule has 4 heteroatoms. The Morgan fingerprint density at radius 3 is 2.54 bits per heavy atom. The van der Waals surface area contributed by atoms with E-state index >= 15 is 0 Å². The summed E-state index contributed by atoms with van der Waals surface area (Å²) in [6.07, 6.45) is 0.808. The van der Waals surface area contributed by atoms with Crippen LogP contribution in [0.25, 0.3) is 21.8 Å². The molecule has 0 saturated heterocycles. The number of pyridine rings is 1. The van der Waals surface area contributed by atoms with E-state index in [0.717, 1.165) is 33.9 Å². The van der Waals surface area contributed by atoms with E-state index in [9.17, 15) is 4.79 Å². The van der Waals surface area contributed by atoms with E-state index in [4.69, 9.17) is 0 Å². The molecule has 0 unspecified atom stereocenters. The normalized spacial score (nSPS) is 11.2. The summed E-state index contributed by atoms with van der Waals surface area (Å²) in [5.41, 5.74) is 5.80. The third kappa shape index (κ3) is 3.18. The lowest BCUT2D eigenvalue weighted by Crippen LogP contribution is -2.25. The van der Waals surface area contributed by atoms with E-state index in [2.05, 4.69) is 52.5 Å². The van der Waals surface area contributed by atoms with Crippen LogP contribution in [0, 0.1) is 13.8 Å². The van der Waals surface area contributed by atoms with Crippen molar-refractivity contribution in [3.8, 4) is 0 Å². The van der Waals surface area contributed by atoms with Crippen molar-refractivity contribution in [1.29, 1.82) is 0 Å². The Hall–Kier alpha value is -3.14. The molecule has 1 amide bonds. The summed E-state index contributed by atoms with van der Waals surface area (Å²) in [4.78, 5) is 20.4. The largest absolute Gasteiger partial charge is 0.357 e. The van der Waals surface area contributed by atoms with Crippen LogP contribution in [0.4, 0.5) is 0 Å². The van der Waals surface area contributed by atoms with Crippen molar-refractivity contribution < 1.29 is 4.79 Å². The van der Waals surface area contributed by atoms with Gasteiger partial charge in [-0.1, -0.05) is 48.0 Å². The minimum atomic E-state index is -0.130. The molecule has 2 aromatic carbocycles. The van der Waals surface area contributed by atoms with Gasteiger partial charge in [-0.3, -0.25) is 4.79 Å². The molecule has 0 bridgehead atoms. The molecule has 130 valence electrons. The number of rotatable bonds is 4. The standard InChI is InChI=1S/C22H21N3O/c1-14-3-6-16(7-4-14)11-12-23-22(26)19-13-18-10-9-17-8-5-15(2)24-20(17)21(18)25-19/h3-10,13,24H,11-12H2,1-2H3,(H,23,26). The fourth-order valence-electron chi connectivity index (χ4n) is 3.17. The number of nitrogens with zero attached hydrogens (tertiary/aromatic N) is 1. The fraction of sp³-hybridized carbons (Fsp3) is 0.182. The van der Waals surface area contributed by atoms with Gasteiger partial charge >= 0.3 is 0 Å². The Morgan fingerprint density at radius 2 is 1.73 bits per heavy atom. The fourth-order valence-corrected chi connectivity index (χ4v) is 3.17. The average Bonchev–Trinajstić information content (AvgIpc) is 3.08. The first kappa shape index (κ1) is 16.3. The van der Waals surface area contributed by atoms with Crippen molar-refractivity contribution in [1.82, 2.24) is 15.3 Å². The Kier molecular flexibility index (Phi) is 4.17. The van der Waals surface area contributed by atoms with Crippen LogP contribution in [0.1, 0.15) is 27.3 Å². The van der Waals surface area contributed by atoms with Gasteiger partial charge in [0.05, 0.1) is 11.0 Å². The second-order valence-electron chi connectivity index (χ2n) is 6.74. The van der Waals surface area contributed by atoms with Gasteiger partial charge in [0, 0.05) is 23.0 Å². The molecule has 2 N–H and O–H groups in total. The number of H-pyrrole nitrogens is 1. The minimum absolute atomic E-state index is 0.130. The van der Waals surface area contributed by atoms with Gasteiger partial charge in [0.1, 0.15) is 5.69 Å². The van der Waals surface area contributed by atoms with E-state index in [1.807, 2.05) is 31.2 Å². The predicted octanol–water partition coefficient (Wildman–Crippen LogP) is 4.31. The SMILES string of the molecule is Cc1ccc(CCNC(=O)c2cc3ccc4ccc(C)[nH]c4c3n2)cc1. The molecule has 2 aromatic heterocycles. The van der Waals surface area contributed by atoms with Gasteiger partial charge in [-0.05, 0) is 38.0 Å². The van der Waals surface area contributed by atoms with Gasteiger partial charge in [0.2, 0.25) is 0 Å². The summed E-state index contributed by atoms with van der Waals surface area (Å²) in [5, 5.41) is 5.04. The van der Waals surface area contributed by atoms with Gasteiger partial charge < -0.3 is 10.3 Å². The average molecular weight is 343 g/mol. The number of aromatic nitrogens is 2. The lowest BCUT2D eigenvalue weighted by atomic mass is 10.1. The highest BCUT2D eigenvalue weighted by Crippen LogP contribution is 2.24. The van der Waals surface area contributed by atoms with Crippen LogP contribution in [-0.2, 0) is 6.42 Å². The van der Waals surface area contributed by atoms with Gasteiger partial charge in [0.25, 0.3) is 5.91 Å². The Balaban J connectivity index is 1.52. The topological polar surface area (TPSA) is 57.8 Å². The number of nitrogens with one attached hydrogen (secondary N) is 2. The maximum absolute atomic E-state index is 12.5. The molecule has 0 fully saturated rings. The van der Waals surface area contributed by atoms with E-state index in [1.54, 1.807) is 0 Å². The van der Waals surface area contributed by atoms with Crippen LogP contribution in [0.15, 0.2) is 54.6 Å². The van der Waals surface area contributed by atoms with Gasteiger partial charge in [-0.15, -0.1) is 0 Å². The summed E-state index contributed by atoms with van der Waals surface area (Å²) >= 11 is 0. The molecule has 0 radical (unpaired) electrons. The summed E-state index contributed by atoms with van der Waals surface area (Å²) in [6, 6.07) is 18.4. The molecular weight excluding hydrogens is 322 g/mol. The van der Waals surface area contributed by atoms with Crippen LogP contribution in [0.2, 0.25) is 0 Å². The van der Waals surface area contributed by atoms with Crippen molar-refractivity contribution >= 4 is 27.7 Å². The van der Waals surface area contributed by atoms with Crippen molar-refractivity contribution in [3.63, 3.8) is 0 Å². The quantitative estimate of drug-likeness (QED) is 0.580. The molecular formula is C22H21N3O. The molecule has 2 heterocycles. The number of hydrogen-bond acceptors (Lipinski definition) is 2. The molecule has 4 rings (SSSR count). The molecule has 0 saturated carbocycles. The number of carbonyl (C=O) groups excluding carboxylic acids is 1. The van der Waals surface area contributed by atoms with Crippen LogP contribution < -0.4 is 5.32 Å². The number of fused-ring (bicyclic) bond motifs is 3. The lowest BCUT2D eigenvalue weighted by molar-refractivity contribution is 0.0950. The number of benzene rings is 2. The highest BCUT2D eigenvalue weighted by Gasteiger charge is 2.12. The summed E-state index contributed by atoms with van der Waals surface area (Å²) in [7, 11) is 0. The number of carbonyl (C=O) groups is 1. The first-order valence-corrected chi connectivity index (χ1v) is 8.83. The van der Waals surface area contributed by atoms with Crippen molar-refractivity contribution in [2.24, 2.45) is 0 Å². The van der Waals surface area contributed by atoms with Gasteiger partial charge in [0.15, 0.2) is 0 Å². The molecule has 4 aromatic rings. The van der Waals surface area contributed by atoms with E-state index in [1.165, 1.54) is 11.1 Å². The molecule has 0 aliphatic heterocycles. The van der Waals surface area contributed by atoms with Crippen LogP contribution in [0.3, 0.4) is 0 Å². The Morgan fingerprint density at radius 1 is 1.00 bits per heavy atom. The zero-order valence-electron chi connectivity index (χ0n) is 15.0. The highest BCUT2D eigenvalue weighted by molar-refractivity contribution is 6.07. The lowest BCUT2D eigenvalue weighted by Gasteiger charge is -2.04. The number of hydrogen-bond donors (Lipinski definition) is 2. The summed E-state index contributed by atoms with van der Waals surface area (Å²) in [5.74, 6) is -0.130. The molecule has 0 aliphatic rings. The van der Waals surface area contributed by atoms with E-state index in [0.29, 0.717) is 12.2 Å². The van der Waals surface area contributed by atoms with Crippen molar-refractivity contribution in [2.45, 2.75) is 20.3 Å². The number of aromatic amines is 1.